The number of carbonyl (C=O) groups excluding carboxylic acids is 2. The van der Waals surface area contributed by atoms with Gasteiger partial charge in [-0.15, -0.1) is 13.2 Å². The van der Waals surface area contributed by atoms with Crippen molar-refractivity contribution in [2.75, 3.05) is 13.1 Å². The lowest BCUT2D eigenvalue weighted by atomic mass is 9.95. The SMILES string of the molecule is CC1CCCC(=O)N1[C@H]1C[C@H](F)CN(C(=O)Oc2ccc(OC(F)(F)F)cc2)C1. The lowest BCUT2D eigenvalue weighted by molar-refractivity contribution is -0.274. The van der Waals surface area contributed by atoms with E-state index in [1.165, 1.54) is 4.90 Å². The topological polar surface area (TPSA) is 59.1 Å². The Morgan fingerprint density at radius 3 is 2.41 bits per heavy atom. The minimum Gasteiger partial charge on any atom is -0.410 e. The standard InChI is InChI=1S/C19H22F4N2O4/c1-12-3-2-4-17(26)25(12)14-9-13(20)10-24(11-14)18(27)28-15-5-7-16(8-6-15)29-19(21,22)23/h5-8,12-14H,2-4,9-11H2,1H3/t12?,13-,14-/m0/s1. The van der Waals surface area contributed by atoms with Crippen molar-refractivity contribution in [1.82, 2.24) is 9.80 Å². The number of benzene rings is 1. The summed E-state index contributed by atoms with van der Waals surface area (Å²) in [6, 6.07) is 3.89. The molecule has 1 aromatic rings. The highest BCUT2D eigenvalue weighted by molar-refractivity contribution is 5.78. The van der Waals surface area contributed by atoms with Gasteiger partial charge < -0.3 is 19.3 Å². The van der Waals surface area contributed by atoms with E-state index in [1.807, 2.05) is 6.92 Å². The molecule has 2 fully saturated rings. The Bertz CT molecular complexity index is 741. The predicted octanol–water partition coefficient (Wildman–Crippen LogP) is 3.90. The van der Waals surface area contributed by atoms with Crippen molar-refractivity contribution < 1.29 is 36.6 Å². The van der Waals surface area contributed by atoms with Crippen LogP contribution in [0.1, 0.15) is 32.6 Å². The number of hydrogen-bond donors (Lipinski definition) is 0. The summed E-state index contributed by atoms with van der Waals surface area (Å²) < 4.78 is 59.8. The summed E-state index contributed by atoms with van der Waals surface area (Å²) in [6.45, 7) is 1.89. The third kappa shape index (κ3) is 5.51. The first-order chi connectivity index (χ1) is 13.6. The van der Waals surface area contributed by atoms with Crippen LogP contribution in [-0.2, 0) is 4.79 Å². The molecule has 0 bridgehead atoms. The smallest absolute Gasteiger partial charge is 0.410 e. The van der Waals surface area contributed by atoms with Gasteiger partial charge in [0.05, 0.1) is 12.6 Å². The Labute approximate surface area is 165 Å². The van der Waals surface area contributed by atoms with E-state index in [-0.39, 0.29) is 37.2 Å². The van der Waals surface area contributed by atoms with Crippen molar-refractivity contribution >= 4 is 12.0 Å². The fraction of sp³-hybridized carbons (Fsp3) is 0.579. The third-order valence-corrected chi connectivity index (χ3v) is 5.07. The minimum absolute atomic E-state index is 0.00414. The van der Waals surface area contributed by atoms with Crippen molar-refractivity contribution in [2.24, 2.45) is 0 Å². The average Bonchev–Trinajstić information content (AvgIpc) is 2.61. The van der Waals surface area contributed by atoms with Gasteiger partial charge in [-0.25, -0.2) is 9.18 Å². The molecule has 2 saturated heterocycles. The Hall–Kier alpha value is -2.52. The number of ether oxygens (including phenoxy) is 2. The molecule has 160 valence electrons. The second-order valence-corrected chi connectivity index (χ2v) is 7.32. The number of likely N-dealkylation sites (tertiary alicyclic amines) is 2. The molecule has 0 spiro atoms. The molecule has 2 aliphatic rings. The second-order valence-electron chi connectivity index (χ2n) is 7.32. The molecule has 0 N–H and O–H groups in total. The summed E-state index contributed by atoms with van der Waals surface area (Å²) in [4.78, 5) is 27.6. The minimum atomic E-state index is -4.82. The highest BCUT2D eigenvalue weighted by Crippen LogP contribution is 2.28. The lowest BCUT2D eigenvalue weighted by Gasteiger charge is -2.44. The van der Waals surface area contributed by atoms with Gasteiger partial charge in [-0.2, -0.15) is 0 Å². The normalized spacial score (nSPS) is 25.7. The van der Waals surface area contributed by atoms with Gasteiger partial charge in [0.2, 0.25) is 5.91 Å². The van der Waals surface area contributed by atoms with Gasteiger partial charge in [-0.3, -0.25) is 4.79 Å². The predicted molar refractivity (Wildman–Crippen MR) is 94.2 cm³/mol. The molecule has 0 aromatic heterocycles. The van der Waals surface area contributed by atoms with Gasteiger partial charge >= 0.3 is 12.5 Å². The lowest BCUT2D eigenvalue weighted by Crippen LogP contribution is -2.58. The van der Waals surface area contributed by atoms with Crippen LogP contribution in [0.5, 0.6) is 11.5 Å². The second kappa shape index (κ2) is 8.46. The summed E-state index contributed by atoms with van der Waals surface area (Å²) in [7, 11) is 0. The maximum Gasteiger partial charge on any atom is 0.573 e. The Balaban J connectivity index is 1.63. The first-order valence-corrected chi connectivity index (χ1v) is 9.40. The number of carbonyl (C=O) groups is 2. The van der Waals surface area contributed by atoms with E-state index in [4.69, 9.17) is 4.74 Å². The molecular formula is C19H22F4N2O4. The Morgan fingerprint density at radius 1 is 1.14 bits per heavy atom. The molecule has 3 rings (SSSR count). The molecule has 0 saturated carbocycles. The van der Waals surface area contributed by atoms with E-state index in [1.54, 1.807) is 4.90 Å². The van der Waals surface area contributed by atoms with Crippen LogP contribution in [0.4, 0.5) is 22.4 Å². The van der Waals surface area contributed by atoms with Gasteiger partial charge in [0, 0.05) is 25.4 Å². The average molecular weight is 418 g/mol. The van der Waals surface area contributed by atoms with E-state index in [2.05, 4.69) is 4.74 Å². The van der Waals surface area contributed by atoms with Crippen LogP contribution in [0.3, 0.4) is 0 Å². The Kier molecular flexibility index (Phi) is 6.18. The van der Waals surface area contributed by atoms with E-state index >= 15 is 0 Å². The van der Waals surface area contributed by atoms with Gasteiger partial charge in [0.25, 0.3) is 0 Å². The van der Waals surface area contributed by atoms with E-state index in [9.17, 15) is 27.2 Å². The van der Waals surface area contributed by atoms with Crippen LogP contribution < -0.4 is 9.47 Å². The number of hydrogen-bond acceptors (Lipinski definition) is 4. The summed E-state index contributed by atoms with van der Waals surface area (Å²) >= 11 is 0. The van der Waals surface area contributed by atoms with Crippen molar-refractivity contribution in [3.8, 4) is 11.5 Å². The third-order valence-electron chi connectivity index (χ3n) is 5.07. The summed E-state index contributed by atoms with van der Waals surface area (Å²) in [6.07, 6.45) is -4.75. The molecule has 10 heteroatoms. The maximum absolute atomic E-state index is 14.3. The number of nitrogens with zero attached hydrogens (tertiary/aromatic N) is 2. The molecule has 0 radical (unpaired) electrons. The van der Waals surface area contributed by atoms with Gasteiger partial charge in [-0.1, -0.05) is 0 Å². The summed E-state index contributed by atoms with van der Waals surface area (Å²) in [5.41, 5.74) is 0. The number of amides is 2. The van der Waals surface area contributed by atoms with Crippen LogP contribution in [0.15, 0.2) is 24.3 Å². The monoisotopic (exact) mass is 418 g/mol. The molecule has 1 aromatic carbocycles. The highest BCUT2D eigenvalue weighted by atomic mass is 19.4. The summed E-state index contributed by atoms with van der Waals surface area (Å²) in [5.74, 6) is -0.488. The molecule has 2 aliphatic heterocycles. The van der Waals surface area contributed by atoms with Crippen LogP contribution in [0.2, 0.25) is 0 Å². The Morgan fingerprint density at radius 2 is 1.79 bits per heavy atom. The molecule has 29 heavy (non-hydrogen) atoms. The van der Waals surface area contributed by atoms with Gasteiger partial charge in [0.1, 0.15) is 17.7 Å². The van der Waals surface area contributed by atoms with Crippen LogP contribution in [0, 0.1) is 0 Å². The molecular weight excluding hydrogens is 396 g/mol. The van der Waals surface area contributed by atoms with Crippen molar-refractivity contribution in [1.29, 1.82) is 0 Å². The molecule has 2 heterocycles. The zero-order chi connectivity index (χ0) is 21.2. The first kappa shape index (κ1) is 21.2. The molecule has 2 amide bonds. The molecule has 1 unspecified atom stereocenters. The fourth-order valence-corrected chi connectivity index (χ4v) is 3.86. The van der Waals surface area contributed by atoms with Crippen molar-refractivity contribution in [3.05, 3.63) is 24.3 Å². The number of alkyl halides is 4. The van der Waals surface area contributed by atoms with Crippen LogP contribution in [0.25, 0.3) is 0 Å². The van der Waals surface area contributed by atoms with E-state index in [0.717, 1.165) is 37.1 Å². The zero-order valence-electron chi connectivity index (χ0n) is 15.8. The quantitative estimate of drug-likeness (QED) is 0.699. The number of piperidine rings is 2. The zero-order valence-corrected chi connectivity index (χ0v) is 15.8. The fourth-order valence-electron chi connectivity index (χ4n) is 3.86. The number of halogens is 4. The highest BCUT2D eigenvalue weighted by Gasteiger charge is 2.39. The number of rotatable bonds is 3. The van der Waals surface area contributed by atoms with Gasteiger partial charge in [0.15, 0.2) is 0 Å². The largest absolute Gasteiger partial charge is 0.573 e. The maximum atomic E-state index is 14.3. The van der Waals surface area contributed by atoms with Crippen molar-refractivity contribution in [3.63, 3.8) is 0 Å². The molecule has 0 aliphatic carbocycles. The van der Waals surface area contributed by atoms with E-state index < -0.39 is 30.4 Å². The molecule has 3 atom stereocenters. The van der Waals surface area contributed by atoms with Crippen LogP contribution in [-0.4, -0.2) is 59.5 Å². The van der Waals surface area contributed by atoms with Crippen molar-refractivity contribution in [2.45, 2.75) is 57.2 Å². The summed E-state index contributed by atoms with van der Waals surface area (Å²) in [5, 5.41) is 0. The van der Waals surface area contributed by atoms with E-state index in [0.29, 0.717) is 6.42 Å². The first-order valence-electron chi connectivity index (χ1n) is 9.40. The molecule has 6 nitrogen and oxygen atoms in total. The van der Waals surface area contributed by atoms with Gasteiger partial charge in [-0.05, 0) is 44.0 Å². The van der Waals surface area contributed by atoms with Crippen LogP contribution >= 0.6 is 0 Å².